The van der Waals surface area contributed by atoms with Crippen molar-refractivity contribution in [2.24, 2.45) is 0 Å². The normalized spacial score (nSPS) is 20.2. The van der Waals surface area contributed by atoms with Crippen molar-refractivity contribution < 1.29 is 14.3 Å². The summed E-state index contributed by atoms with van der Waals surface area (Å²) in [7, 11) is 0. The number of hydrogen-bond acceptors (Lipinski definition) is 4. The molecule has 0 bridgehead atoms. The molecule has 1 fully saturated rings. The minimum absolute atomic E-state index is 0.0277. The number of ether oxygens (including phenoxy) is 2. The summed E-state index contributed by atoms with van der Waals surface area (Å²) >= 11 is 4.77. The van der Waals surface area contributed by atoms with Crippen LogP contribution in [-0.4, -0.2) is 31.7 Å². The third kappa shape index (κ3) is 3.13. The fourth-order valence-corrected chi connectivity index (χ4v) is 3.14. The zero-order valence-electron chi connectivity index (χ0n) is 8.78. The first kappa shape index (κ1) is 12.2. The number of rotatable bonds is 5. The maximum atomic E-state index is 11.7. The number of carbonyl (C=O) groups excluding carboxylic acids is 1. The highest BCUT2D eigenvalue weighted by Crippen LogP contribution is 2.23. The van der Waals surface area contributed by atoms with Gasteiger partial charge in [-0.05, 0) is 40.2 Å². The predicted octanol–water partition coefficient (Wildman–Crippen LogP) is 2.89. The Morgan fingerprint density at radius 2 is 2.56 bits per heavy atom. The number of Topliss-reactive ketones (excluding diaryl/α,β-unsaturated/α-hetero) is 1. The Bertz CT molecular complexity index is 358. The van der Waals surface area contributed by atoms with Crippen LogP contribution in [0.1, 0.15) is 22.5 Å². The molecule has 2 heterocycles. The lowest BCUT2D eigenvalue weighted by atomic mass is 10.2. The van der Waals surface area contributed by atoms with Crippen molar-refractivity contribution in [1.29, 1.82) is 0 Å². The molecule has 0 amide bonds. The number of ketones is 1. The summed E-state index contributed by atoms with van der Waals surface area (Å²) in [4.78, 5) is 12.4. The lowest BCUT2D eigenvalue weighted by molar-refractivity contribution is 0.0191. The van der Waals surface area contributed by atoms with Gasteiger partial charge in [0.15, 0.2) is 5.78 Å². The van der Waals surface area contributed by atoms with Crippen molar-refractivity contribution in [3.63, 3.8) is 0 Å². The lowest BCUT2D eigenvalue weighted by Crippen LogP contribution is -2.17. The van der Waals surface area contributed by atoms with Crippen molar-refractivity contribution in [3.8, 4) is 0 Å². The Morgan fingerprint density at radius 1 is 1.69 bits per heavy atom. The molecule has 0 spiro atoms. The first-order valence-corrected chi connectivity index (χ1v) is 6.90. The molecule has 3 nitrogen and oxygen atoms in total. The summed E-state index contributed by atoms with van der Waals surface area (Å²) in [5.41, 5.74) is 0. The van der Waals surface area contributed by atoms with E-state index in [-0.39, 0.29) is 18.5 Å². The van der Waals surface area contributed by atoms with E-state index in [1.807, 2.05) is 11.4 Å². The predicted molar refractivity (Wildman–Crippen MR) is 66.1 cm³/mol. The van der Waals surface area contributed by atoms with Crippen molar-refractivity contribution in [3.05, 3.63) is 20.8 Å². The number of thiophene rings is 1. The van der Waals surface area contributed by atoms with Crippen LogP contribution >= 0.6 is 27.3 Å². The van der Waals surface area contributed by atoms with E-state index in [1.54, 1.807) is 0 Å². The standard InChI is InChI=1S/C11H13BrO3S/c12-9-3-5-16-11(9)10(13)7-14-6-8-2-1-4-15-8/h3,5,8H,1-2,4,6-7H2. The van der Waals surface area contributed by atoms with Crippen LogP contribution in [0.3, 0.4) is 0 Å². The zero-order chi connectivity index (χ0) is 11.4. The summed E-state index contributed by atoms with van der Waals surface area (Å²) in [5, 5.41) is 1.89. The van der Waals surface area contributed by atoms with Crippen LogP contribution in [0.25, 0.3) is 0 Å². The summed E-state index contributed by atoms with van der Waals surface area (Å²) in [5.74, 6) is 0.0277. The number of hydrogen-bond donors (Lipinski definition) is 0. The minimum Gasteiger partial charge on any atom is -0.376 e. The SMILES string of the molecule is O=C(COCC1CCCO1)c1sccc1Br. The molecule has 1 atom stereocenters. The van der Waals surface area contributed by atoms with E-state index in [9.17, 15) is 4.79 Å². The smallest absolute Gasteiger partial charge is 0.199 e. The van der Waals surface area contributed by atoms with Crippen LogP contribution in [0.5, 0.6) is 0 Å². The second kappa shape index (κ2) is 5.91. The van der Waals surface area contributed by atoms with Crippen molar-refractivity contribution in [2.75, 3.05) is 19.8 Å². The third-order valence-electron chi connectivity index (χ3n) is 2.43. The third-order valence-corrected chi connectivity index (χ3v) is 4.31. The molecule has 1 aromatic rings. The van der Waals surface area contributed by atoms with Gasteiger partial charge in [0.25, 0.3) is 0 Å². The van der Waals surface area contributed by atoms with Crippen LogP contribution in [-0.2, 0) is 9.47 Å². The van der Waals surface area contributed by atoms with Crippen molar-refractivity contribution >= 4 is 33.0 Å². The zero-order valence-corrected chi connectivity index (χ0v) is 11.2. The molecule has 0 saturated carbocycles. The fraction of sp³-hybridized carbons (Fsp3) is 0.545. The molecule has 88 valence electrons. The molecule has 1 unspecified atom stereocenters. The van der Waals surface area contributed by atoms with E-state index < -0.39 is 0 Å². The Labute approximate surface area is 107 Å². The van der Waals surface area contributed by atoms with Gasteiger partial charge in [0, 0.05) is 11.1 Å². The van der Waals surface area contributed by atoms with Crippen LogP contribution < -0.4 is 0 Å². The summed E-state index contributed by atoms with van der Waals surface area (Å²) < 4.78 is 11.6. The van der Waals surface area contributed by atoms with E-state index in [2.05, 4.69) is 15.9 Å². The van der Waals surface area contributed by atoms with E-state index in [0.717, 1.165) is 28.8 Å². The quantitative estimate of drug-likeness (QED) is 0.785. The lowest BCUT2D eigenvalue weighted by Gasteiger charge is -2.09. The van der Waals surface area contributed by atoms with E-state index in [0.29, 0.717) is 6.61 Å². The average molecular weight is 305 g/mol. The molecule has 0 aromatic carbocycles. The van der Waals surface area contributed by atoms with Crippen LogP contribution in [0.15, 0.2) is 15.9 Å². The Morgan fingerprint density at radius 3 is 3.19 bits per heavy atom. The molecule has 0 radical (unpaired) electrons. The van der Waals surface area contributed by atoms with E-state index >= 15 is 0 Å². The van der Waals surface area contributed by atoms with Gasteiger partial charge < -0.3 is 9.47 Å². The van der Waals surface area contributed by atoms with Crippen molar-refractivity contribution in [2.45, 2.75) is 18.9 Å². The molecule has 0 N–H and O–H groups in total. The molecule has 1 aromatic heterocycles. The van der Waals surface area contributed by atoms with Gasteiger partial charge in [-0.25, -0.2) is 0 Å². The molecular weight excluding hydrogens is 292 g/mol. The van der Waals surface area contributed by atoms with Gasteiger partial charge in [0.05, 0.1) is 17.6 Å². The Balaban J connectivity index is 1.73. The fourth-order valence-electron chi connectivity index (χ4n) is 1.62. The molecule has 5 heteroatoms. The molecule has 1 saturated heterocycles. The molecule has 2 rings (SSSR count). The number of carbonyl (C=O) groups is 1. The van der Waals surface area contributed by atoms with Gasteiger partial charge >= 0.3 is 0 Å². The molecule has 0 aliphatic carbocycles. The van der Waals surface area contributed by atoms with Gasteiger partial charge in [-0.2, -0.15) is 0 Å². The Hall–Kier alpha value is -0.230. The van der Waals surface area contributed by atoms with E-state index in [4.69, 9.17) is 9.47 Å². The molecule has 16 heavy (non-hydrogen) atoms. The van der Waals surface area contributed by atoms with Gasteiger partial charge in [0.2, 0.25) is 0 Å². The number of halogens is 1. The Kier molecular flexibility index (Phi) is 4.52. The van der Waals surface area contributed by atoms with Gasteiger partial charge in [-0.1, -0.05) is 0 Å². The van der Waals surface area contributed by atoms with E-state index in [1.165, 1.54) is 11.3 Å². The van der Waals surface area contributed by atoms with Crippen LogP contribution in [0.4, 0.5) is 0 Å². The molecule has 1 aliphatic rings. The topological polar surface area (TPSA) is 35.5 Å². The van der Waals surface area contributed by atoms with Crippen LogP contribution in [0, 0.1) is 0 Å². The minimum atomic E-state index is 0.0277. The monoisotopic (exact) mass is 304 g/mol. The highest BCUT2D eigenvalue weighted by molar-refractivity contribution is 9.10. The summed E-state index contributed by atoms with van der Waals surface area (Å²) in [6, 6.07) is 1.87. The highest BCUT2D eigenvalue weighted by atomic mass is 79.9. The first-order valence-electron chi connectivity index (χ1n) is 5.23. The molecular formula is C11H13BrO3S. The average Bonchev–Trinajstić information content (AvgIpc) is 2.88. The van der Waals surface area contributed by atoms with Crippen LogP contribution in [0.2, 0.25) is 0 Å². The maximum Gasteiger partial charge on any atom is 0.199 e. The summed E-state index contributed by atoms with van der Waals surface area (Å²) in [6.45, 7) is 1.48. The van der Waals surface area contributed by atoms with Gasteiger partial charge in [-0.3, -0.25) is 4.79 Å². The van der Waals surface area contributed by atoms with Gasteiger partial charge in [-0.15, -0.1) is 11.3 Å². The second-order valence-corrected chi connectivity index (χ2v) is 5.44. The largest absolute Gasteiger partial charge is 0.376 e. The first-order chi connectivity index (χ1) is 7.77. The molecule has 1 aliphatic heterocycles. The summed E-state index contributed by atoms with van der Waals surface area (Å²) in [6.07, 6.45) is 2.31. The highest BCUT2D eigenvalue weighted by Gasteiger charge is 2.17. The van der Waals surface area contributed by atoms with Crippen molar-refractivity contribution in [1.82, 2.24) is 0 Å². The maximum absolute atomic E-state index is 11.7. The second-order valence-electron chi connectivity index (χ2n) is 3.67. The van der Waals surface area contributed by atoms with Gasteiger partial charge in [0.1, 0.15) is 6.61 Å².